The third kappa shape index (κ3) is 4.89. The minimum absolute atomic E-state index is 0.0887. The molecule has 29 heavy (non-hydrogen) atoms. The molecule has 0 spiro atoms. The molecule has 11 heteroatoms. The second-order valence-corrected chi connectivity index (χ2v) is 8.26. The van der Waals surface area contributed by atoms with Crippen molar-refractivity contribution in [2.75, 3.05) is 17.3 Å². The fraction of sp³-hybridized carbons (Fsp3) is 0.0556. The van der Waals surface area contributed by atoms with Crippen molar-refractivity contribution in [3.63, 3.8) is 0 Å². The first-order chi connectivity index (χ1) is 13.9. The minimum Gasteiger partial charge on any atom is -0.495 e. The average Bonchev–Trinajstić information content (AvgIpc) is 3.21. The summed E-state index contributed by atoms with van der Waals surface area (Å²) in [5.74, 6) is 0.312. The summed E-state index contributed by atoms with van der Waals surface area (Å²) in [6, 6.07) is 13.6. The van der Waals surface area contributed by atoms with Gasteiger partial charge in [0.1, 0.15) is 10.6 Å². The van der Waals surface area contributed by atoms with Crippen LogP contribution in [0.1, 0.15) is 4.88 Å². The number of sulfonamides is 1. The summed E-state index contributed by atoms with van der Waals surface area (Å²) in [7, 11) is -2.78. The number of para-hydroxylation sites is 2. The number of hydrogen-bond donors (Lipinski definition) is 2. The Kier molecular flexibility index (Phi) is 6.10. The molecule has 0 unspecified atom stereocenters. The van der Waals surface area contributed by atoms with E-state index in [1.807, 2.05) is 17.5 Å². The monoisotopic (exact) mass is 432 g/mol. The molecular formula is C18H16N4O5S2. The van der Waals surface area contributed by atoms with Gasteiger partial charge in [-0.3, -0.25) is 20.3 Å². The van der Waals surface area contributed by atoms with Crippen molar-refractivity contribution in [1.82, 2.24) is 0 Å². The lowest BCUT2D eigenvalue weighted by Gasteiger charge is -2.14. The summed E-state index contributed by atoms with van der Waals surface area (Å²) in [6.07, 6.45) is 1.52. The van der Waals surface area contributed by atoms with Crippen LogP contribution in [0.3, 0.4) is 0 Å². The van der Waals surface area contributed by atoms with Gasteiger partial charge in [-0.25, -0.2) is 8.42 Å². The summed E-state index contributed by atoms with van der Waals surface area (Å²) in [6.45, 7) is 0. The van der Waals surface area contributed by atoms with Crippen LogP contribution in [0.5, 0.6) is 5.75 Å². The van der Waals surface area contributed by atoms with Gasteiger partial charge in [-0.15, -0.1) is 11.3 Å². The summed E-state index contributed by atoms with van der Waals surface area (Å²) in [5.41, 5.74) is 2.57. The maximum absolute atomic E-state index is 13.0. The van der Waals surface area contributed by atoms with Gasteiger partial charge in [0.15, 0.2) is 0 Å². The third-order valence-electron chi connectivity index (χ3n) is 3.74. The maximum atomic E-state index is 13.0. The van der Waals surface area contributed by atoms with Crippen molar-refractivity contribution in [2.45, 2.75) is 4.90 Å². The molecule has 9 nitrogen and oxygen atoms in total. The third-order valence-corrected chi connectivity index (χ3v) is 5.95. The van der Waals surface area contributed by atoms with E-state index in [1.54, 1.807) is 18.2 Å². The zero-order chi connectivity index (χ0) is 20.9. The highest BCUT2D eigenvalue weighted by Crippen LogP contribution is 2.31. The Morgan fingerprint density at radius 3 is 2.62 bits per heavy atom. The lowest BCUT2D eigenvalue weighted by Crippen LogP contribution is -2.15. The second-order valence-electron chi connectivity index (χ2n) is 5.63. The van der Waals surface area contributed by atoms with E-state index in [0.717, 1.165) is 10.9 Å². The zero-order valence-electron chi connectivity index (χ0n) is 15.1. The Labute approximate surface area is 170 Å². The van der Waals surface area contributed by atoms with E-state index in [0.29, 0.717) is 5.75 Å². The lowest BCUT2D eigenvalue weighted by atomic mass is 10.3. The number of benzene rings is 2. The molecule has 0 amide bonds. The predicted octanol–water partition coefficient (Wildman–Crippen LogP) is 3.91. The Bertz CT molecular complexity index is 1140. The molecule has 0 fully saturated rings. The summed E-state index contributed by atoms with van der Waals surface area (Å²) < 4.78 is 33.5. The highest BCUT2D eigenvalue weighted by molar-refractivity contribution is 7.93. The normalized spacial score (nSPS) is 11.3. The van der Waals surface area contributed by atoms with Crippen LogP contribution in [-0.4, -0.2) is 26.7 Å². The molecule has 2 aromatic carbocycles. The number of nitrogens with one attached hydrogen (secondary N) is 2. The molecule has 0 radical (unpaired) electrons. The molecule has 0 atom stereocenters. The smallest absolute Gasteiger partial charge is 0.270 e. The number of methoxy groups -OCH3 is 1. The van der Waals surface area contributed by atoms with Crippen molar-refractivity contribution in [2.24, 2.45) is 5.10 Å². The lowest BCUT2D eigenvalue weighted by molar-refractivity contribution is -0.385. The first kappa shape index (κ1) is 20.3. The van der Waals surface area contributed by atoms with Crippen LogP contribution in [-0.2, 0) is 10.0 Å². The van der Waals surface area contributed by atoms with Crippen LogP contribution in [0.4, 0.5) is 17.1 Å². The van der Waals surface area contributed by atoms with Gasteiger partial charge >= 0.3 is 0 Å². The molecule has 0 aliphatic rings. The van der Waals surface area contributed by atoms with Crippen molar-refractivity contribution >= 4 is 44.6 Å². The molecule has 2 N–H and O–H groups in total. The quantitative estimate of drug-likeness (QED) is 0.316. The average molecular weight is 432 g/mol. The van der Waals surface area contributed by atoms with Gasteiger partial charge in [-0.1, -0.05) is 18.2 Å². The Balaban J connectivity index is 1.97. The summed E-state index contributed by atoms with van der Waals surface area (Å²) in [5, 5.41) is 17.0. The van der Waals surface area contributed by atoms with Gasteiger partial charge in [0.05, 0.1) is 29.6 Å². The number of nitrogens with zero attached hydrogens (tertiary/aromatic N) is 2. The van der Waals surface area contributed by atoms with Gasteiger partial charge in [0, 0.05) is 17.0 Å². The maximum Gasteiger partial charge on any atom is 0.270 e. The second kappa shape index (κ2) is 8.71. The fourth-order valence-electron chi connectivity index (χ4n) is 2.40. The van der Waals surface area contributed by atoms with Crippen LogP contribution in [0.25, 0.3) is 0 Å². The minimum atomic E-state index is -4.19. The number of nitro groups is 1. The summed E-state index contributed by atoms with van der Waals surface area (Å²) >= 11 is 1.46. The number of hydrazone groups is 1. The van der Waals surface area contributed by atoms with Crippen molar-refractivity contribution in [3.8, 4) is 5.75 Å². The number of nitro benzene ring substituents is 1. The van der Waals surface area contributed by atoms with E-state index in [-0.39, 0.29) is 22.0 Å². The van der Waals surface area contributed by atoms with E-state index in [4.69, 9.17) is 4.74 Å². The number of anilines is 2. The van der Waals surface area contributed by atoms with Crippen molar-refractivity contribution < 1.29 is 18.1 Å². The molecule has 0 saturated heterocycles. The molecule has 1 aromatic heterocycles. The molecule has 0 saturated carbocycles. The van der Waals surface area contributed by atoms with E-state index < -0.39 is 14.9 Å². The van der Waals surface area contributed by atoms with Crippen LogP contribution >= 0.6 is 11.3 Å². The Morgan fingerprint density at radius 2 is 1.93 bits per heavy atom. The van der Waals surface area contributed by atoms with Gasteiger partial charge in [0.2, 0.25) is 0 Å². The number of hydrogen-bond acceptors (Lipinski definition) is 8. The van der Waals surface area contributed by atoms with Crippen LogP contribution in [0, 0.1) is 10.1 Å². The highest BCUT2D eigenvalue weighted by Gasteiger charge is 2.23. The van der Waals surface area contributed by atoms with E-state index in [2.05, 4.69) is 15.2 Å². The molecule has 0 aliphatic carbocycles. The van der Waals surface area contributed by atoms with Crippen LogP contribution < -0.4 is 14.9 Å². The first-order valence-corrected chi connectivity index (χ1v) is 10.5. The number of ether oxygens (including phenoxy) is 1. The standard InChI is InChI=1S/C18H16N4O5S2/c1-27-17-7-3-2-6-15(17)21-29(25,26)18-11-13(22(23)24)8-9-16(18)20-19-12-14-5-4-10-28-14/h2-12,20-21H,1H3/b19-12-. The van der Waals surface area contributed by atoms with Gasteiger partial charge in [-0.05, 0) is 29.6 Å². The Morgan fingerprint density at radius 1 is 1.14 bits per heavy atom. The number of rotatable bonds is 8. The van der Waals surface area contributed by atoms with Gasteiger partial charge in [0.25, 0.3) is 15.7 Å². The van der Waals surface area contributed by atoms with Gasteiger partial charge < -0.3 is 4.74 Å². The Hall–Kier alpha value is -3.44. The number of thiophene rings is 1. The highest BCUT2D eigenvalue weighted by atomic mass is 32.2. The van der Waals surface area contributed by atoms with Gasteiger partial charge in [-0.2, -0.15) is 5.10 Å². The molecule has 0 bridgehead atoms. The summed E-state index contributed by atoms with van der Waals surface area (Å²) in [4.78, 5) is 11.0. The molecule has 0 aliphatic heterocycles. The van der Waals surface area contributed by atoms with Crippen LogP contribution in [0.15, 0.2) is 70.0 Å². The molecule has 3 rings (SSSR count). The van der Waals surface area contributed by atoms with E-state index in [9.17, 15) is 18.5 Å². The predicted molar refractivity (Wildman–Crippen MR) is 112 cm³/mol. The first-order valence-electron chi connectivity index (χ1n) is 8.17. The molecule has 1 heterocycles. The van der Waals surface area contributed by atoms with E-state index in [1.165, 1.54) is 42.9 Å². The number of non-ortho nitro benzene ring substituents is 1. The largest absolute Gasteiger partial charge is 0.495 e. The molecule has 3 aromatic rings. The zero-order valence-corrected chi connectivity index (χ0v) is 16.7. The van der Waals surface area contributed by atoms with Crippen LogP contribution in [0.2, 0.25) is 0 Å². The van der Waals surface area contributed by atoms with Crippen molar-refractivity contribution in [3.05, 3.63) is 75.0 Å². The SMILES string of the molecule is COc1ccccc1NS(=O)(=O)c1cc([N+](=O)[O-])ccc1N/N=C\c1cccs1. The van der Waals surface area contributed by atoms with E-state index >= 15 is 0 Å². The molecular weight excluding hydrogens is 416 g/mol. The van der Waals surface area contributed by atoms with Crippen molar-refractivity contribution in [1.29, 1.82) is 0 Å². The molecule has 150 valence electrons. The fourth-order valence-corrected chi connectivity index (χ4v) is 4.23. The topological polar surface area (TPSA) is 123 Å².